The number of benzene rings is 1. The zero-order valence-corrected chi connectivity index (χ0v) is 14.5. The van der Waals surface area contributed by atoms with Crippen LogP contribution in [-0.4, -0.2) is 52.5 Å². The van der Waals surface area contributed by atoms with Gasteiger partial charge < -0.3 is 14.8 Å². The molecule has 9 heteroatoms. The molecule has 1 saturated heterocycles. The molecule has 0 spiro atoms. The zero-order chi connectivity index (χ0) is 17.5. The summed E-state index contributed by atoms with van der Waals surface area (Å²) in [7, 11) is -1.99. The SMILES string of the molecule is Cc1ccc(NC(=O)N2CC(S(=O)(=O)c3nncn3C)C2)cc1C. The van der Waals surface area contributed by atoms with Crippen LogP contribution in [0.25, 0.3) is 0 Å². The molecule has 0 aliphatic carbocycles. The minimum Gasteiger partial charge on any atom is -0.322 e. The van der Waals surface area contributed by atoms with Crippen LogP contribution in [0.1, 0.15) is 11.1 Å². The van der Waals surface area contributed by atoms with Gasteiger partial charge in [-0.15, -0.1) is 10.2 Å². The molecule has 24 heavy (non-hydrogen) atoms. The lowest BCUT2D eigenvalue weighted by Crippen LogP contribution is -2.58. The van der Waals surface area contributed by atoms with Gasteiger partial charge in [-0.25, -0.2) is 13.2 Å². The van der Waals surface area contributed by atoms with E-state index < -0.39 is 15.1 Å². The van der Waals surface area contributed by atoms with Gasteiger partial charge >= 0.3 is 6.03 Å². The maximum Gasteiger partial charge on any atom is 0.321 e. The van der Waals surface area contributed by atoms with Crippen molar-refractivity contribution in [3.8, 4) is 0 Å². The predicted molar refractivity (Wildman–Crippen MR) is 88.5 cm³/mol. The Morgan fingerprint density at radius 3 is 2.54 bits per heavy atom. The summed E-state index contributed by atoms with van der Waals surface area (Å²) in [6, 6.07) is 5.35. The molecule has 1 aromatic carbocycles. The highest BCUT2D eigenvalue weighted by Crippen LogP contribution is 2.23. The fourth-order valence-electron chi connectivity index (χ4n) is 2.50. The molecule has 2 amide bonds. The van der Waals surface area contributed by atoms with E-state index in [1.165, 1.54) is 15.8 Å². The highest BCUT2D eigenvalue weighted by Gasteiger charge is 2.42. The second-order valence-corrected chi connectivity index (χ2v) is 8.15. The summed E-state index contributed by atoms with van der Waals surface area (Å²) < 4.78 is 26.2. The van der Waals surface area contributed by atoms with Crippen LogP contribution in [0, 0.1) is 13.8 Å². The minimum absolute atomic E-state index is 0.0679. The molecule has 0 bridgehead atoms. The smallest absolute Gasteiger partial charge is 0.321 e. The van der Waals surface area contributed by atoms with Gasteiger partial charge in [0.2, 0.25) is 15.0 Å². The standard InChI is InChI=1S/C15H19N5O3S/c1-10-4-5-12(6-11(10)2)17-14(21)20-7-13(8-20)24(22,23)15-18-16-9-19(15)3/h4-6,9,13H,7-8H2,1-3H3,(H,17,21). The van der Waals surface area contributed by atoms with Gasteiger partial charge in [0.15, 0.2) is 0 Å². The van der Waals surface area contributed by atoms with Crippen LogP contribution in [0.2, 0.25) is 0 Å². The van der Waals surface area contributed by atoms with Crippen molar-refractivity contribution in [3.05, 3.63) is 35.7 Å². The number of anilines is 1. The van der Waals surface area contributed by atoms with Gasteiger partial charge in [0.25, 0.3) is 0 Å². The third kappa shape index (κ3) is 2.86. The van der Waals surface area contributed by atoms with E-state index in [2.05, 4.69) is 15.5 Å². The fourth-order valence-corrected chi connectivity index (χ4v) is 4.16. The Kier molecular flexibility index (Phi) is 4.04. The van der Waals surface area contributed by atoms with E-state index in [-0.39, 0.29) is 24.3 Å². The third-order valence-electron chi connectivity index (χ3n) is 4.26. The number of rotatable bonds is 3. The lowest BCUT2D eigenvalue weighted by molar-refractivity contribution is 0.182. The average Bonchev–Trinajstić information content (AvgIpc) is 2.88. The lowest BCUT2D eigenvalue weighted by Gasteiger charge is -2.38. The molecular formula is C15H19N5O3S. The predicted octanol–water partition coefficient (Wildman–Crippen LogP) is 1.12. The molecule has 2 aromatic rings. The van der Waals surface area contributed by atoms with Gasteiger partial charge in [0.05, 0.1) is 0 Å². The fraction of sp³-hybridized carbons (Fsp3) is 0.400. The van der Waals surface area contributed by atoms with Gasteiger partial charge in [0, 0.05) is 25.8 Å². The quantitative estimate of drug-likeness (QED) is 0.896. The zero-order valence-electron chi connectivity index (χ0n) is 13.7. The van der Waals surface area contributed by atoms with Crippen LogP contribution >= 0.6 is 0 Å². The number of carbonyl (C=O) groups is 1. The summed E-state index contributed by atoms with van der Waals surface area (Å²) in [5, 5.41) is 9.32. The van der Waals surface area contributed by atoms with Crippen LogP contribution in [0.15, 0.2) is 29.7 Å². The Labute approximate surface area is 140 Å². The number of hydrogen-bond acceptors (Lipinski definition) is 5. The number of nitrogens with zero attached hydrogens (tertiary/aromatic N) is 4. The van der Waals surface area contributed by atoms with Crippen molar-refractivity contribution in [3.63, 3.8) is 0 Å². The maximum atomic E-state index is 12.4. The highest BCUT2D eigenvalue weighted by molar-refractivity contribution is 7.92. The molecule has 8 nitrogen and oxygen atoms in total. The van der Waals surface area contributed by atoms with Gasteiger partial charge in [0.1, 0.15) is 11.6 Å². The number of amides is 2. The summed E-state index contributed by atoms with van der Waals surface area (Å²) in [6.07, 6.45) is 1.34. The molecule has 1 aromatic heterocycles. The monoisotopic (exact) mass is 349 g/mol. The van der Waals surface area contributed by atoms with E-state index in [0.29, 0.717) is 5.69 Å². The van der Waals surface area contributed by atoms with Gasteiger partial charge in [-0.3, -0.25) is 0 Å². The number of sulfone groups is 1. The first kappa shape index (κ1) is 16.4. The second kappa shape index (κ2) is 5.90. The number of hydrogen-bond donors (Lipinski definition) is 1. The van der Waals surface area contributed by atoms with Crippen LogP contribution in [0.5, 0.6) is 0 Å². The Balaban J connectivity index is 1.63. The molecule has 1 fully saturated rings. The van der Waals surface area contributed by atoms with Crippen LogP contribution in [0.4, 0.5) is 10.5 Å². The molecule has 1 aliphatic heterocycles. The molecule has 3 rings (SSSR count). The summed E-state index contributed by atoms with van der Waals surface area (Å²) in [6.45, 7) is 4.26. The Bertz CT molecular complexity index is 884. The number of urea groups is 1. The van der Waals surface area contributed by atoms with E-state index in [4.69, 9.17) is 0 Å². The lowest BCUT2D eigenvalue weighted by atomic mass is 10.1. The Morgan fingerprint density at radius 2 is 1.96 bits per heavy atom. The van der Waals surface area contributed by atoms with Gasteiger partial charge in [-0.05, 0) is 37.1 Å². The first-order chi connectivity index (χ1) is 11.3. The number of aromatic nitrogens is 3. The van der Waals surface area contributed by atoms with Crippen molar-refractivity contribution in [2.75, 3.05) is 18.4 Å². The van der Waals surface area contributed by atoms with Gasteiger partial charge in [-0.2, -0.15) is 0 Å². The Hall–Kier alpha value is -2.42. The van der Waals surface area contributed by atoms with Gasteiger partial charge in [-0.1, -0.05) is 6.07 Å². The number of aryl methyl sites for hydroxylation is 3. The van der Waals surface area contributed by atoms with E-state index in [1.54, 1.807) is 7.05 Å². The van der Waals surface area contributed by atoms with Crippen molar-refractivity contribution < 1.29 is 13.2 Å². The molecule has 1 aliphatic rings. The van der Waals surface area contributed by atoms with Crippen molar-refractivity contribution >= 4 is 21.6 Å². The molecule has 128 valence electrons. The van der Waals surface area contributed by atoms with Crippen LogP contribution in [-0.2, 0) is 16.9 Å². The number of nitrogens with one attached hydrogen (secondary N) is 1. The minimum atomic E-state index is -3.57. The Morgan fingerprint density at radius 1 is 1.25 bits per heavy atom. The van der Waals surface area contributed by atoms with E-state index in [1.807, 2.05) is 32.0 Å². The largest absolute Gasteiger partial charge is 0.322 e. The number of carbonyl (C=O) groups excluding carboxylic acids is 1. The maximum absolute atomic E-state index is 12.4. The summed E-state index contributed by atoms with van der Waals surface area (Å²) >= 11 is 0. The molecule has 2 heterocycles. The van der Waals surface area contributed by atoms with Crippen molar-refractivity contribution in [1.82, 2.24) is 19.7 Å². The first-order valence-corrected chi connectivity index (χ1v) is 9.05. The molecule has 0 atom stereocenters. The van der Waals surface area contributed by atoms with Crippen LogP contribution < -0.4 is 5.32 Å². The third-order valence-corrected chi connectivity index (χ3v) is 6.31. The average molecular weight is 349 g/mol. The molecule has 0 radical (unpaired) electrons. The van der Waals surface area contributed by atoms with Crippen molar-refractivity contribution in [2.45, 2.75) is 24.3 Å². The molecule has 0 unspecified atom stereocenters. The van der Waals surface area contributed by atoms with E-state index in [9.17, 15) is 13.2 Å². The van der Waals surface area contributed by atoms with Crippen molar-refractivity contribution in [1.29, 1.82) is 0 Å². The highest BCUT2D eigenvalue weighted by atomic mass is 32.2. The molecule has 0 saturated carbocycles. The molecule has 1 N–H and O–H groups in total. The second-order valence-electron chi connectivity index (χ2n) is 6.03. The normalized spacial score (nSPS) is 15.2. The topological polar surface area (TPSA) is 97.2 Å². The number of likely N-dealkylation sites (tertiary alicyclic amines) is 1. The van der Waals surface area contributed by atoms with Crippen molar-refractivity contribution in [2.24, 2.45) is 7.05 Å². The van der Waals surface area contributed by atoms with Crippen LogP contribution in [0.3, 0.4) is 0 Å². The van der Waals surface area contributed by atoms with E-state index >= 15 is 0 Å². The van der Waals surface area contributed by atoms with E-state index in [0.717, 1.165) is 11.1 Å². The molecular weight excluding hydrogens is 330 g/mol. The summed E-state index contributed by atoms with van der Waals surface area (Å²) in [5.74, 6) is 0. The summed E-state index contributed by atoms with van der Waals surface area (Å²) in [4.78, 5) is 13.7. The first-order valence-electron chi connectivity index (χ1n) is 7.50. The summed E-state index contributed by atoms with van der Waals surface area (Å²) in [5.41, 5.74) is 2.92.